The first-order valence-corrected chi connectivity index (χ1v) is 31.4. The fraction of sp³-hybridized carbons (Fsp3) is 0.852. The summed E-state index contributed by atoms with van der Waals surface area (Å²) in [6, 6.07) is -0.811. The Labute approximate surface area is 435 Å². The van der Waals surface area contributed by atoms with E-state index in [4.69, 9.17) is 9.05 Å². The van der Waals surface area contributed by atoms with Crippen LogP contribution in [0.3, 0.4) is 0 Å². The number of nitrogens with one attached hydrogen (secondary N) is 1. The van der Waals surface area contributed by atoms with Gasteiger partial charge in [0.25, 0.3) is 7.82 Å². The number of rotatable bonds is 55. The van der Waals surface area contributed by atoms with Crippen LogP contribution in [-0.4, -0.2) is 68.5 Å². The highest BCUT2D eigenvalue weighted by molar-refractivity contribution is 7.45. The highest BCUT2D eigenvalue weighted by Gasteiger charge is 2.24. The average molecular weight is 1010 g/mol. The lowest BCUT2D eigenvalue weighted by Gasteiger charge is -2.30. The molecule has 0 aliphatic heterocycles. The number of phosphoric acid groups is 1. The molecule has 9 heteroatoms. The van der Waals surface area contributed by atoms with E-state index in [9.17, 15) is 19.4 Å². The summed E-state index contributed by atoms with van der Waals surface area (Å²) in [5.74, 6) is -0.177. The lowest BCUT2D eigenvalue weighted by molar-refractivity contribution is -0.870. The summed E-state index contributed by atoms with van der Waals surface area (Å²) in [6.45, 7) is 4.63. The molecular formula is C61H117N2O6P. The third-order valence-electron chi connectivity index (χ3n) is 13.6. The van der Waals surface area contributed by atoms with Crippen LogP contribution in [0.1, 0.15) is 284 Å². The molecule has 3 atom stereocenters. The van der Waals surface area contributed by atoms with Crippen LogP contribution in [0.5, 0.6) is 0 Å². The van der Waals surface area contributed by atoms with E-state index < -0.39 is 20.0 Å². The number of phosphoric ester groups is 1. The third kappa shape index (κ3) is 54.2. The number of hydrogen-bond donors (Lipinski definition) is 2. The van der Waals surface area contributed by atoms with Crippen molar-refractivity contribution in [2.24, 2.45) is 0 Å². The van der Waals surface area contributed by atoms with Gasteiger partial charge in [0.1, 0.15) is 13.2 Å². The van der Waals surface area contributed by atoms with Crippen LogP contribution in [0.4, 0.5) is 0 Å². The molecule has 0 saturated heterocycles. The molecular weight excluding hydrogens is 888 g/mol. The van der Waals surface area contributed by atoms with Crippen molar-refractivity contribution in [1.29, 1.82) is 0 Å². The maximum Gasteiger partial charge on any atom is 0.268 e. The molecule has 0 bridgehead atoms. The number of quaternary nitrogens is 1. The largest absolute Gasteiger partial charge is 0.756 e. The zero-order valence-corrected chi connectivity index (χ0v) is 47.9. The summed E-state index contributed by atoms with van der Waals surface area (Å²) < 4.78 is 23.4. The molecule has 0 aromatic rings. The Balaban J connectivity index is 4.11. The molecule has 70 heavy (non-hydrogen) atoms. The second kappa shape index (κ2) is 52.3. The van der Waals surface area contributed by atoms with Crippen molar-refractivity contribution in [3.05, 3.63) is 48.6 Å². The SMILES string of the molecule is CC/C=C\C/C=C\C/C=C\C/C=C\CCCCCCCCC(=O)NC(COP(=O)([O-])OCC[N+](C)(C)C)C(O)CCCCCCCCCCCCCCCCCCCCCCCCCCCCCCC. The minimum absolute atomic E-state index is 0.00788. The molecule has 1 amide bonds. The Morgan fingerprint density at radius 3 is 1.27 bits per heavy atom. The maximum atomic E-state index is 13.0. The standard InChI is InChI=1S/C61H117N2O6P/c1-6-8-10-12-14-16-18-20-22-24-26-27-28-29-30-31-32-33-34-35-37-38-40-42-44-46-48-50-52-54-60(64)59(58-69-70(66,67)68-57-56-63(3,4)5)62-61(65)55-53-51-49-47-45-43-41-39-36-25-23-21-19-17-15-13-11-9-7-2/h9,11,15,17,21,23,36,39,59-60,64H,6-8,10,12-14,16,18-20,22,24-35,37-38,40-58H2,1-5H3,(H-,62,65,66,67)/b11-9-,17-15-,23-21-,39-36-. The molecule has 0 saturated carbocycles. The number of carbonyl (C=O) groups excluding carboxylic acids is 1. The molecule has 0 aromatic heterocycles. The summed E-state index contributed by atoms with van der Waals surface area (Å²) in [7, 11) is 1.30. The summed E-state index contributed by atoms with van der Waals surface area (Å²) in [5, 5.41) is 14.0. The fourth-order valence-corrected chi connectivity index (χ4v) is 9.64. The molecule has 0 heterocycles. The van der Waals surface area contributed by atoms with Gasteiger partial charge in [0.2, 0.25) is 5.91 Å². The van der Waals surface area contributed by atoms with Crippen LogP contribution < -0.4 is 10.2 Å². The monoisotopic (exact) mass is 1000 g/mol. The first kappa shape index (κ1) is 68.5. The Hall–Kier alpha value is -1.54. The van der Waals surface area contributed by atoms with Gasteiger partial charge >= 0.3 is 0 Å². The number of allylic oxidation sites excluding steroid dienone is 8. The fourth-order valence-electron chi connectivity index (χ4n) is 8.92. The Morgan fingerprint density at radius 1 is 0.514 bits per heavy atom. The van der Waals surface area contributed by atoms with Crippen LogP contribution in [0.2, 0.25) is 0 Å². The van der Waals surface area contributed by atoms with Crippen molar-refractivity contribution in [3.8, 4) is 0 Å². The first-order chi connectivity index (χ1) is 34.0. The van der Waals surface area contributed by atoms with Gasteiger partial charge in [0, 0.05) is 6.42 Å². The highest BCUT2D eigenvalue weighted by Crippen LogP contribution is 2.38. The quantitative estimate of drug-likeness (QED) is 0.0272. The zero-order valence-electron chi connectivity index (χ0n) is 47.0. The second-order valence-corrected chi connectivity index (χ2v) is 23.1. The lowest BCUT2D eigenvalue weighted by atomic mass is 10.0. The molecule has 0 fully saturated rings. The van der Waals surface area contributed by atoms with Crippen molar-refractivity contribution in [1.82, 2.24) is 5.32 Å². The van der Waals surface area contributed by atoms with E-state index >= 15 is 0 Å². The number of aliphatic hydroxyl groups excluding tert-OH is 1. The van der Waals surface area contributed by atoms with Crippen molar-refractivity contribution < 1.29 is 32.9 Å². The van der Waals surface area contributed by atoms with Gasteiger partial charge in [-0.3, -0.25) is 9.36 Å². The van der Waals surface area contributed by atoms with Crippen molar-refractivity contribution in [2.45, 2.75) is 296 Å². The van der Waals surface area contributed by atoms with Gasteiger partial charge < -0.3 is 28.8 Å². The van der Waals surface area contributed by atoms with Crippen molar-refractivity contribution in [2.75, 3.05) is 40.9 Å². The van der Waals surface area contributed by atoms with Crippen molar-refractivity contribution in [3.63, 3.8) is 0 Å². The van der Waals surface area contributed by atoms with Gasteiger partial charge in [0.15, 0.2) is 0 Å². The molecule has 8 nitrogen and oxygen atoms in total. The molecule has 2 N–H and O–H groups in total. The number of hydrogen-bond acceptors (Lipinski definition) is 6. The predicted octanol–water partition coefficient (Wildman–Crippen LogP) is 17.7. The Bertz CT molecular complexity index is 1280. The Morgan fingerprint density at radius 2 is 0.871 bits per heavy atom. The van der Waals surface area contributed by atoms with Gasteiger partial charge in [-0.25, -0.2) is 0 Å². The van der Waals surface area contributed by atoms with Gasteiger partial charge in [-0.1, -0.05) is 274 Å². The zero-order chi connectivity index (χ0) is 51.3. The molecule has 0 aromatic carbocycles. The molecule has 0 radical (unpaired) electrons. The van der Waals surface area contributed by atoms with E-state index in [1.807, 2.05) is 21.1 Å². The van der Waals surface area contributed by atoms with Crippen LogP contribution in [0, 0.1) is 0 Å². The van der Waals surface area contributed by atoms with E-state index in [0.29, 0.717) is 23.9 Å². The van der Waals surface area contributed by atoms with Crippen LogP contribution >= 0.6 is 7.82 Å². The maximum absolute atomic E-state index is 13.0. The molecule has 0 aliphatic carbocycles. The van der Waals surface area contributed by atoms with E-state index in [1.54, 1.807) is 0 Å². The number of carbonyl (C=O) groups is 1. The van der Waals surface area contributed by atoms with Gasteiger partial charge in [-0.05, 0) is 51.4 Å². The minimum atomic E-state index is -4.58. The van der Waals surface area contributed by atoms with Crippen LogP contribution in [0.25, 0.3) is 0 Å². The summed E-state index contributed by atoms with van der Waals surface area (Å²) in [5.41, 5.74) is 0. The molecule has 0 rings (SSSR count). The minimum Gasteiger partial charge on any atom is -0.756 e. The summed E-state index contributed by atoms with van der Waals surface area (Å²) >= 11 is 0. The van der Waals surface area contributed by atoms with Gasteiger partial charge in [0.05, 0.1) is 39.9 Å². The number of likely N-dealkylation sites (N-methyl/N-ethyl adjacent to an activating group) is 1. The number of unbranched alkanes of at least 4 members (excludes halogenated alkanes) is 34. The van der Waals surface area contributed by atoms with E-state index in [-0.39, 0.29) is 19.1 Å². The number of amides is 1. The molecule has 412 valence electrons. The number of aliphatic hydroxyl groups is 1. The topological polar surface area (TPSA) is 108 Å². The highest BCUT2D eigenvalue weighted by atomic mass is 31.2. The second-order valence-electron chi connectivity index (χ2n) is 21.7. The van der Waals surface area contributed by atoms with E-state index in [2.05, 4.69) is 67.8 Å². The normalized spacial score (nSPS) is 14.2. The first-order valence-electron chi connectivity index (χ1n) is 30.0. The van der Waals surface area contributed by atoms with Gasteiger partial charge in [-0.2, -0.15) is 0 Å². The number of nitrogens with zero attached hydrogens (tertiary/aromatic N) is 1. The van der Waals surface area contributed by atoms with Crippen LogP contribution in [-0.2, 0) is 18.4 Å². The van der Waals surface area contributed by atoms with E-state index in [1.165, 1.54) is 180 Å². The Kier molecular flexibility index (Phi) is 51.2. The van der Waals surface area contributed by atoms with Gasteiger partial charge in [-0.15, -0.1) is 0 Å². The molecule has 3 unspecified atom stereocenters. The van der Waals surface area contributed by atoms with E-state index in [0.717, 1.165) is 77.0 Å². The van der Waals surface area contributed by atoms with Crippen LogP contribution in [0.15, 0.2) is 48.6 Å². The van der Waals surface area contributed by atoms with Crippen molar-refractivity contribution >= 4 is 13.7 Å². The summed E-state index contributed by atoms with van der Waals surface area (Å²) in [6.07, 6.45) is 68.7. The smallest absolute Gasteiger partial charge is 0.268 e. The third-order valence-corrected chi connectivity index (χ3v) is 14.5. The average Bonchev–Trinajstić information content (AvgIpc) is 3.32. The molecule has 0 aliphatic rings. The predicted molar refractivity (Wildman–Crippen MR) is 302 cm³/mol. The lowest BCUT2D eigenvalue weighted by Crippen LogP contribution is -2.46. The molecule has 0 spiro atoms. The summed E-state index contributed by atoms with van der Waals surface area (Å²) in [4.78, 5) is 25.5.